The molecule has 21 heavy (non-hydrogen) atoms. The van der Waals surface area contributed by atoms with E-state index in [-0.39, 0.29) is 0 Å². The highest BCUT2D eigenvalue weighted by atomic mass is 28.4. The summed E-state index contributed by atoms with van der Waals surface area (Å²) in [5, 5.41) is 0. The third kappa shape index (κ3) is 3.10. The number of allylic oxidation sites excluding steroid dienone is 2. The van der Waals surface area contributed by atoms with Crippen LogP contribution in [0.5, 0.6) is 5.75 Å². The molecule has 0 aromatic heterocycles. The fourth-order valence-corrected chi connectivity index (χ4v) is 9.14. The van der Waals surface area contributed by atoms with Gasteiger partial charge in [-0.15, -0.1) is 0 Å². The lowest BCUT2D eigenvalue weighted by Gasteiger charge is -2.42. The summed E-state index contributed by atoms with van der Waals surface area (Å²) >= 11 is 0. The van der Waals surface area contributed by atoms with Crippen molar-refractivity contribution < 1.29 is 4.43 Å². The molecule has 2 rings (SSSR count). The lowest BCUT2D eigenvalue weighted by Crippen LogP contribution is -2.50. The highest BCUT2D eigenvalue weighted by molar-refractivity contribution is 6.78. The fourth-order valence-electron chi connectivity index (χ4n) is 3.90. The van der Waals surface area contributed by atoms with E-state index in [0.29, 0.717) is 16.6 Å². The van der Waals surface area contributed by atoms with Gasteiger partial charge in [-0.3, -0.25) is 0 Å². The van der Waals surface area contributed by atoms with Crippen LogP contribution >= 0.6 is 0 Å². The minimum atomic E-state index is -1.85. The number of benzene rings is 1. The van der Waals surface area contributed by atoms with Crippen LogP contribution < -0.4 is 4.43 Å². The first-order chi connectivity index (χ1) is 9.87. The van der Waals surface area contributed by atoms with E-state index in [1.807, 2.05) is 0 Å². The van der Waals surface area contributed by atoms with Gasteiger partial charge in [-0.1, -0.05) is 59.8 Å². The Labute approximate surface area is 131 Å². The lowest BCUT2D eigenvalue weighted by atomic mass is 9.97. The summed E-state index contributed by atoms with van der Waals surface area (Å²) in [6.07, 6.45) is 7.57. The van der Waals surface area contributed by atoms with E-state index in [1.165, 1.54) is 11.1 Å². The quantitative estimate of drug-likeness (QED) is 0.615. The van der Waals surface area contributed by atoms with Crippen LogP contribution in [-0.4, -0.2) is 8.32 Å². The maximum Gasteiger partial charge on any atom is 0.258 e. The highest BCUT2D eigenvalue weighted by Crippen LogP contribution is 2.43. The van der Waals surface area contributed by atoms with Gasteiger partial charge in [-0.05, 0) is 46.3 Å². The minimum Gasteiger partial charge on any atom is -0.543 e. The van der Waals surface area contributed by atoms with E-state index in [1.54, 1.807) is 0 Å². The normalized spacial score (nSPS) is 14.9. The molecular weight excluding hydrogens is 272 g/mol. The van der Waals surface area contributed by atoms with Crippen molar-refractivity contribution in [2.24, 2.45) is 0 Å². The molecule has 0 atom stereocenters. The second-order valence-corrected chi connectivity index (χ2v) is 12.5. The van der Waals surface area contributed by atoms with Crippen LogP contribution in [-0.2, 0) is 6.42 Å². The van der Waals surface area contributed by atoms with Gasteiger partial charge in [0.15, 0.2) is 0 Å². The van der Waals surface area contributed by atoms with E-state index in [0.717, 1.165) is 12.2 Å². The zero-order valence-electron chi connectivity index (χ0n) is 14.3. The Morgan fingerprint density at radius 3 is 2.14 bits per heavy atom. The van der Waals surface area contributed by atoms with Crippen LogP contribution in [0.25, 0.3) is 0 Å². The molecule has 0 aliphatic heterocycles. The van der Waals surface area contributed by atoms with Gasteiger partial charge in [0, 0.05) is 6.42 Å². The number of hydrogen-bond acceptors (Lipinski definition) is 1. The molecule has 1 nitrogen and oxygen atoms in total. The predicted molar refractivity (Wildman–Crippen MR) is 94.4 cm³/mol. The Morgan fingerprint density at radius 1 is 0.952 bits per heavy atom. The molecule has 2 heteroatoms. The SMILES string of the molecule is CC(C)[Si](Oc1ccc2c(c1)[CH]C=CC2)(C(C)C)C(C)C. The molecule has 1 radical (unpaired) electrons. The van der Waals surface area contributed by atoms with Gasteiger partial charge < -0.3 is 4.43 Å². The molecule has 0 heterocycles. The van der Waals surface area contributed by atoms with Crippen molar-refractivity contribution in [3.8, 4) is 5.75 Å². The van der Waals surface area contributed by atoms with E-state index in [2.05, 4.69) is 78.3 Å². The maximum atomic E-state index is 6.75. The van der Waals surface area contributed by atoms with E-state index in [9.17, 15) is 0 Å². The van der Waals surface area contributed by atoms with Crippen molar-refractivity contribution in [3.05, 3.63) is 47.9 Å². The first kappa shape index (κ1) is 16.3. The second-order valence-electron chi connectivity index (χ2n) is 7.08. The van der Waals surface area contributed by atoms with Crippen molar-refractivity contribution in [2.75, 3.05) is 0 Å². The average Bonchev–Trinajstić information content (AvgIpc) is 2.43. The molecule has 0 saturated heterocycles. The summed E-state index contributed by atoms with van der Waals surface area (Å²) in [6, 6.07) is 6.62. The molecule has 1 aliphatic rings. The van der Waals surface area contributed by atoms with Crippen LogP contribution in [0, 0.1) is 6.42 Å². The Kier molecular flexibility index (Phi) is 4.98. The maximum absolute atomic E-state index is 6.75. The topological polar surface area (TPSA) is 9.23 Å². The van der Waals surface area contributed by atoms with Crippen LogP contribution in [0.4, 0.5) is 0 Å². The van der Waals surface area contributed by atoms with Gasteiger partial charge in [-0.2, -0.15) is 0 Å². The standard InChI is InChI=1S/C19H29OSi/c1-14(2)21(15(3)4,16(5)6)20-19-12-11-17-9-7-8-10-18(17)13-19/h7-8,10-16H,9H2,1-6H3. The van der Waals surface area contributed by atoms with Gasteiger partial charge in [0.25, 0.3) is 8.32 Å². The zero-order chi connectivity index (χ0) is 15.6. The monoisotopic (exact) mass is 301 g/mol. The summed E-state index contributed by atoms with van der Waals surface area (Å²) in [5.41, 5.74) is 4.54. The molecule has 0 amide bonds. The Morgan fingerprint density at radius 2 is 1.57 bits per heavy atom. The zero-order valence-corrected chi connectivity index (χ0v) is 15.3. The molecule has 0 bridgehead atoms. The molecule has 0 unspecified atom stereocenters. The molecule has 1 aromatic carbocycles. The van der Waals surface area contributed by atoms with E-state index >= 15 is 0 Å². The summed E-state index contributed by atoms with van der Waals surface area (Å²) < 4.78 is 6.75. The van der Waals surface area contributed by atoms with Gasteiger partial charge in [0.1, 0.15) is 5.75 Å². The van der Waals surface area contributed by atoms with E-state index in [4.69, 9.17) is 4.43 Å². The van der Waals surface area contributed by atoms with E-state index < -0.39 is 8.32 Å². The minimum absolute atomic E-state index is 0.609. The Bertz CT molecular complexity index is 493. The first-order valence-corrected chi connectivity index (χ1v) is 10.3. The number of fused-ring (bicyclic) bond motifs is 1. The van der Waals surface area contributed by atoms with Crippen molar-refractivity contribution in [2.45, 2.75) is 64.6 Å². The molecule has 1 aromatic rings. The molecule has 0 saturated carbocycles. The van der Waals surface area contributed by atoms with Gasteiger partial charge in [-0.25, -0.2) is 0 Å². The van der Waals surface area contributed by atoms with Gasteiger partial charge in [0.2, 0.25) is 0 Å². The summed E-state index contributed by atoms with van der Waals surface area (Å²) in [7, 11) is -1.85. The second kappa shape index (κ2) is 6.39. The smallest absolute Gasteiger partial charge is 0.258 e. The Hall–Kier alpha value is -1.02. The Balaban J connectivity index is 2.33. The van der Waals surface area contributed by atoms with Gasteiger partial charge in [0.05, 0.1) is 0 Å². The molecule has 115 valence electrons. The summed E-state index contributed by atoms with van der Waals surface area (Å²) in [6.45, 7) is 14.0. The predicted octanol–water partition coefficient (Wildman–Crippen LogP) is 5.91. The third-order valence-corrected chi connectivity index (χ3v) is 10.9. The number of hydrogen-bond donors (Lipinski definition) is 0. The first-order valence-electron chi connectivity index (χ1n) is 8.19. The molecule has 0 fully saturated rings. The van der Waals surface area contributed by atoms with Gasteiger partial charge >= 0.3 is 0 Å². The van der Waals surface area contributed by atoms with Crippen molar-refractivity contribution in [3.63, 3.8) is 0 Å². The van der Waals surface area contributed by atoms with Crippen LogP contribution in [0.1, 0.15) is 52.7 Å². The average molecular weight is 302 g/mol. The lowest BCUT2D eigenvalue weighted by molar-refractivity contribution is 0.479. The fraction of sp³-hybridized carbons (Fsp3) is 0.526. The third-order valence-electron chi connectivity index (χ3n) is 4.87. The van der Waals surface area contributed by atoms with Crippen LogP contribution in [0.15, 0.2) is 30.4 Å². The van der Waals surface area contributed by atoms with Crippen LogP contribution in [0.2, 0.25) is 16.6 Å². The van der Waals surface area contributed by atoms with Crippen molar-refractivity contribution >= 4 is 8.32 Å². The van der Waals surface area contributed by atoms with Crippen molar-refractivity contribution in [1.29, 1.82) is 0 Å². The largest absolute Gasteiger partial charge is 0.543 e. The van der Waals surface area contributed by atoms with Crippen LogP contribution in [0.3, 0.4) is 0 Å². The molecule has 0 spiro atoms. The van der Waals surface area contributed by atoms with Crippen molar-refractivity contribution in [1.82, 2.24) is 0 Å². The summed E-state index contributed by atoms with van der Waals surface area (Å²) in [5.74, 6) is 1.06. The molecule has 1 aliphatic carbocycles. The molecular formula is C19H29OSi. The summed E-state index contributed by atoms with van der Waals surface area (Å²) in [4.78, 5) is 0. The molecule has 0 N–H and O–H groups in total. The highest BCUT2D eigenvalue weighted by Gasteiger charge is 2.47. The number of rotatable bonds is 5.